The Labute approximate surface area is 198 Å². The number of ether oxygens (including phenoxy) is 1. The third-order valence-corrected chi connectivity index (χ3v) is 8.98. The summed E-state index contributed by atoms with van der Waals surface area (Å²) in [6, 6.07) is 10.9. The molecule has 0 aromatic heterocycles. The molecule has 2 N–H and O–H groups in total. The van der Waals surface area contributed by atoms with Crippen LogP contribution in [0.5, 0.6) is 5.75 Å². The van der Waals surface area contributed by atoms with Gasteiger partial charge in [0.15, 0.2) is 0 Å². The van der Waals surface area contributed by atoms with Crippen molar-refractivity contribution >= 4 is 26.0 Å². The number of fused-ring (bicyclic) bond motifs is 1. The van der Waals surface area contributed by atoms with Crippen LogP contribution in [0.3, 0.4) is 0 Å². The molecule has 0 amide bonds. The van der Waals surface area contributed by atoms with E-state index in [1.807, 2.05) is 31.2 Å². The zero-order valence-corrected chi connectivity index (χ0v) is 20.7. The third kappa shape index (κ3) is 4.74. The Morgan fingerprint density at radius 2 is 1.97 bits per heavy atom. The molecule has 174 valence electrons. The minimum atomic E-state index is -3.26. The molecule has 5 nitrogen and oxygen atoms in total. The lowest BCUT2D eigenvalue weighted by molar-refractivity contribution is 0.160. The molecule has 32 heavy (non-hydrogen) atoms. The molecular weight excluding hydrogens is 495 g/mol. The maximum Gasteiger partial charge on any atom is 0.211 e. The summed E-state index contributed by atoms with van der Waals surface area (Å²) >= 11 is 3.72. The van der Waals surface area contributed by atoms with E-state index in [9.17, 15) is 12.8 Å². The topological polar surface area (TPSA) is 67.4 Å². The zero-order chi connectivity index (χ0) is 22.8. The van der Waals surface area contributed by atoms with Crippen molar-refractivity contribution in [3.05, 3.63) is 63.4 Å². The Balaban J connectivity index is 1.61. The summed E-state index contributed by atoms with van der Waals surface area (Å²) in [6.07, 6.45) is 4.65. The van der Waals surface area contributed by atoms with Crippen LogP contribution in [-0.4, -0.2) is 33.9 Å². The molecule has 1 aliphatic heterocycles. The van der Waals surface area contributed by atoms with Gasteiger partial charge in [-0.2, -0.15) is 0 Å². The van der Waals surface area contributed by atoms with Gasteiger partial charge < -0.3 is 10.1 Å². The van der Waals surface area contributed by atoms with Gasteiger partial charge in [-0.15, -0.1) is 0 Å². The Kier molecular flexibility index (Phi) is 7.24. The molecule has 0 saturated heterocycles. The molecule has 1 unspecified atom stereocenters. The summed E-state index contributed by atoms with van der Waals surface area (Å²) in [5, 5.41) is 3.72. The summed E-state index contributed by atoms with van der Waals surface area (Å²) in [4.78, 5) is 0. The van der Waals surface area contributed by atoms with Gasteiger partial charge in [0.25, 0.3) is 0 Å². The van der Waals surface area contributed by atoms with Crippen molar-refractivity contribution in [1.29, 1.82) is 0 Å². The van der Waals surface area contributed by atoms with Crippen molar-refractivity contribution in [2.24, 2.45) is 0 Å². The van der Waals surface area contributed by atoms with E-state index in [1.54, 1.807) is 12.1 Å². The molecule has 0 bridgehead atoms. The predicted octanol–water partition coefficient (Wildman–Crippen LogP) is 4.61. The standard InChI is InChI=1S/C24H30BrFN2O3S/c1-2-16-32(29,30)28-14-15-31-21-9-8-20(25)19-10-13-27-23(22(19)21)24(11-3-12-24)17-4-6-18(26)7-5-17/h4-9,23,27-28H,2-3,10-16H2,1H3. The average Bonchev–Trinajstić information content (AvgIpc) is 2.73. The molecule has 8 heteroatoms. The van der Waals surface area contributed by atoms with Crippen LogP contribution in [-0.2, 0) is 21.9 Å². The lowest BCUT2D eigenvalue weighted by atomic mass is 9.57. The molecule has 1 atom stereocenters. The first-order valence-electron chi connectivity index (χ1n) is 11.3. The van der Waals surface area contributed by atoms with Crippen LogP contribution in [0.4, 0.5) is 4.39 Å². The number of nitrogens with one attached hydrogen (secondary N) is 2. The normalized spacial score (nSPS) is 19.8. The van der Waals surface area contributed by atoms with Gasteiger partial charge in [-0.1, -0.05) is 41.4 Å². The average molecular weight is 525 g/mol. The minimum absolute atomic E-state index is 0.0507. The van der Waals surface area contributed by atoms with Crippen LogP contribution in [0, 0.1) is 5.82 Å². The predicted molar refractivity (Wildman–Crippen MR) is 128 cm³/mol. The molecule has 1 saturated carbocycles. The summed E-state index contributed by atoms with van der Waals surface area (Å²) in [5.74, 6) is 0.674. The molecule has 1 aliphatic carbocycles. The van der Waals surface area contributed by atoms with Crippen LogP contribution < -0.4 is 14.8 Å². The van der Waals surface area contributed by atoms with Crippen LogP contribution >= 0.6 is 15.9 Å². The number of sulfonamides is 1. The molecule has 0 radical (unpaired) electrons. The summed E-state index contributed by atoms with van der Waals surface area (Å²) in [7, 11) is -3.26. The first-order valence-corrected chi connectivity index (χ1v) is 13.7. The number of hydrogen-bond acceptors (Lipinski definition) is 4. The van der Waals surface area contributed by atoms with Gasteiger partial charge in [0, 0.05) is 28.0 Å². The van der Waals surface area contributed by atoms with E-state index >= 15 is 0 Å². The van der Waals surface area contributed by atoms with Crippen LogP contribution in [0.25, 0.3) is 0 Å². The van der Waals surface area contributed by atoms with Gasteiger partial charge in [-0.25, -0.2) is 17.5 Å². The van der Waals surface area contributed by atoms with Gasteiger partial charge in [0.2, 0.25) is 10.0 Å². The first-order chi connectivity index (χ1) is 15.4. The van der Waals surface area contributed by atoms with E-state index in [1.165, 1.54) is 5.56 Å². The zero-order valence-electron chi connectivity index (χ0n) is 18.3. The Hall–Kier alpha value is -1.48. The highest BCUT2D eigenvalue weighted by molar-refractivity contribution is 9.10. The second-order valence-electron chi connectivity index (χ2n) is 8.65. The summed E-state index contributed by atoms with van der Waals surface area (Å²) < 4.78 is 47.2. The summed E-state index contributed by atoms with van der Waals surface area (Å²) in [5.41, 5.74) is 3.40. The fourth-order valence-corrected chi connectivity index (χ4v) is 6.63. The van der Waals surface area contributed by atoms with E-state index in [0.29, 0.717) is 6.42 Å². The van der Waals surface area contributed by atoms with Crippen molar-refractivity contribution in [1.82, 2.24) is 10.0 Å². The molecule has 0 spiro atoms. The Morgan fingerprint density at radius 1 is 1.22 bits per heavy atom. The molecular formula is C24H30BrFN2O3S. The number of halogens is 2. The second-order valence-corrected chi connectivity index (χ2v) is 11.4. The van der Waals surface area contributed by atoms with Crippen LogP contribution in [0.2, 0.25) is 0 Å². The van der Waals surface area contributed by atoms with E-state index < -0.39 is 10.0 Å². The van der Waals surface area contributed by atoms with Crippen molar-refractivity contribution in [3.63, 3.8) is 0 Å². The lowest BCUT2D eigenvalue weighted by Crippen LogP contribution is -2.49. The first kappa shape index (κ1) is 23.7. The van der Waals surface area contributed by atoms with E-state index in [2.05, 4.69) is 26.0 Å². The lowest BCUT2D eigenvalue weighted by Gasteiger charge is -2.51. The van der Waals surface area contributed by atoms with E-state index in [0.717, 1.165) is 53.6 Å². The summed E-state index contributed by atoms with van der Waals surface area (Å²) in [6.45, 7) is 3.19. The molecule has 4 rings (SSSR count). The molecule has 1 heterocycles. The van der Waals surface area contributed by atoms with Gasteiger partial charge in [-0.3, -0.25) is 0 Å². The largest absolute Gasteiger partial charge is 0.492 e. The van der Waals surface area contributed by atoms with E-state index in [-0.39, 0.29) is 36.2 Å². The van der Waals surface area contributed by atoms with Crippen molar-refractivity contribution in [3.8, 4) is 5.75 Å². The number of benzene rings is 2. The molecule has 2 aliphatic rings. The quantitative estimate of drug-likeness (QED) is 0.470. The van der Waals surface area contributed by atoms with Crippen LogP contribution in [0.15, 0.2) is 40.9 Å². The van der Waals surface area contributed by atoms with Gasteiger partial charge >= 0.3 is 0 Å². The highest BCUT2D eigenvalue weighted by atomic mass is 79.9. The Bertz CT molecular complexity index is 1060. The SMILES string of the molecule is CCCS(=O)(=O)NCCOc1ccc(Br)c2c1C(C1(c3ccc(F)cc3)CCC1)NCC2. The van der Waals surface area contributed by atoms with Gasteiger partial charge in [0.1, 0.15) is 18.2 Å². The fourth-order valence-electron chi connectivity index (χ4n) is 5.01. The van der Waals surface area contributed by atoms with Crippen LogP contribution in [0.1, 0.15) is 55.3 Å². The van der Waals surface area contributed by atoms with Gasteiger partial charge in [-0.05, 0) is 67.6 Å². The Morgan fingerprint density at radius 3 is 2.62 bits per heavy atom. The monoisotopic (exact) mass is 524 g/mol. The smallest absolute Gasteiger partial charge is 0.211 e. The molecule has 1 fully saturated rings. The van der Waals surface area contributed by atoms with Crippen molar-refractivity contribution < 1.29 is 17.5 Å². The highest BCUT2D eigenvalue weighted by Gasteiger charge is 2.48. The van der Waals surface area contributed by atoms with Gasteiger partial charge in [0.05, 0.1) is 5.75 Å². The third-order valence-electron chi connectivity index (χ3n) is 6.64. The maximum absolute atomic E-state index is 13.6. The number of rotatable bonds is 9. The fraction of sp³-hybridized carbons (Fsp3) is 0.500. The van der Waals surface area contributed by atoms with Crippen molar-refractivity contribution in [2.75, 3.05) is 25.4 Å². The van der Waals surface area contributed by atoms with E-state index in [4.69, 9.17) is 4.74 Å². The van der Waals surface area contributed by atoms with Crippen molar-refractivity contribution in [2.45, 2.75) is 50.5 Å². The minimum Gasteiger partial charge on any atom is -0.492 e. The maximum atomic E-state index is 13.6. The highest BCUT2D eigenvalue weighted by Crippen LogP contribution is 2.55. The second kappa shape index (κ2) is 9.79. The molecule has 2 aromatic rings. The molecule has 2 aromatic carbocycles. The number of hydrogen-bond donors (Lipinski definition) is 2.